The van der Waals surface area contributed by atoms with Crippen molar-refractivity contribution in [3.05, 3.63) is 57.6 Å². The third-order valence-corrected chi connectivity index (χ3v) is 8.96. The Hall–Kier alpha value is -1.12. The molecule has 0 radical (unpaired) electrons. The van der Waals surface area contributed by atoms with Gasteiger partial charge in [0.05, 0.1) is 26.4 Å². The van der Waals surface area contributed by atoms with Crippen molar-refractivity contribution in [1.82, 2.24) is 0 Å². The Morgan fingerprint density at radius 2 is 0.745 bits per heavy atom. The van der Waals surface area contributed by atoms with E-state index < -0.39 is 15.6 Å². The molecular formula is C34H56O10P2Zn. The van der Waals surface area contributed by atoms with Crippen molar-refractivity contribution < 1.29 is 66.7 Å². The fraction of sp³-hybridized carbons (Fsp3) is 0.647. The number of benzene rings is 2. The van der Waals surface area contributed by atoms with Crippen molar-refractivity contribution in [2.45, 2.75) is 132 Å². The second-order valence-electron chi connectivity index (χ2n) is 15.4. The van der Waals surface area contributed by atoms with Gasteiger partial charge in [0.25, 0.3) is 15.6 Å². The van der Waals surface area contributed by atoms with Gasteiger partial charge in [-0.3, -0.25) is 9.13 Å². The van der Waals surface area contributed by atoms with Crippen LogP contribution in [0.1, 0.15) is 130 Å². The van der Waals surface area contributed by atoms with Gasteiger partial charge in [-0.25, -0.2) is 0 Å². The molecule has 264 valence electrons. The van der Waals surface area contributed by atoms with Crippen LogP contribution < -0.4 is 9.79 Å². The molecule has 0 spiro atoms. The van der Waals surface area contributed by atoms with E-state index in [0.717, 1.165) is 22.3 Å². The first-order valence-corrected chi connectivity index (χ1v) is 18.4. The van der Waals surface area contributed by atoms with Crippen LogP contribution in [0.25, 0.3) is 0 Å². The summed E-state index contributed by atoms with van der Waals surface area (Å²) in [4.78, 5) is 23.1. The van der Waals surface area contributed by atoms with E-state index in [1.165, 1.54) is 0 Å². The summed E-state index contributed by atoms with van der Waals surface area (Å²) in [5, 5.41) is 21.2. The molecule has 0 aliphatic carbocycles. The Balaban J connectivity index is 0.000000882. The summed E-state index contributed by atoms with van der Waals surface area (Å²) < 4.78 is 42.2. The molecule has 13 heteroatoms. The molecule has 2 aromatic rings. The molecule has 0 aliphatic rings. The van der Waals surface area contributed by atoms with E-state index in [1.54, 1.807) is 38.1 Å². The minimum absolute atomic E-state index is 0. The predicted octanol–water partition coefficient (Wildman–Crippen LogP) is 8.01. The van der Waals surface area contributed by atoms with E-state index in [0.29, 0.717) is 11.1 Å². The van der Waals surface area contributed by atoms with Gasteiger partial charge in [0.1, 0.15) is 11.5 Å². The first-order chi connectivity index (χ1) is 20.6. The molecule has 2 aromatic carbocycles. The molecule has 2 N–H and O–H groups in total. The molecular weight excluding hydrogens is 696 g/mol. The van der Waals surface area contributed by atoms with E-state index in [-0.39, 0.29) is 79.1 Å². The number of hydrogen-bond acceptors (Lipinski definition) is 10. The van der Waals surface area contributed by atoms with Crippen LogP contribution in [-0.4, -0.2) is 23.4 Å². The van der Waals surface area contributed by atoms with E-state index in [1.807, 2.05) is 83.1 Å². The molecule has 0 amide bonds. The number of phenolic OH excluding ortho intramolecular Hbond substituents is 2. The number of rotatable bonds is 10. The maximum atomic E-state index is 11.6. The summed E-state index contributed by atoms with van der Waals surface area (Å²) in [6.45, 7) is 27.0. The predicted molar refractivity (Wildman–Crippen MR) is 179 cm³/mol. The average molecular weight is 752 g/mol. The third kappa shape index (κ3) is 14.7. The van der Waals surface area contributed by atoms with Crippen molar-refractivity contribution in [2.24, 2.45) is 0 Å². The summed E-state index contributed by atoms with van der Waals surface area (Å²) in [5.74, 6) is 0.507. The fourth-order valence-corrected chi connectivity index (χ4v) is 5.94. The summed E-state index contributed by atoms with van der Waals surface area (Å²) in [6, 6.07) is 7.15. The van der Waals surface area contributed by atoms with Gasteiger partial charge in [0.2, 0.25) is 0 Å². The molecule has 0 aromatic heterocycles. The monoisotopic (exact) mass is 750 g/mol. The van der Waals surface area contributed by atoms with Crippen LogP contribution in [0.5, 0.6) is 11.5 Å². The van der Waals surface area contributed by atoms with Gasteiger partial charge in [-0.05, 0) is 93.2 Å². The van der Waals surface area contributed by atoms with Crippen LogP contribution in [0.3, 0.4) is 0 Å². The normalized spacial score (nSPS) is 15.1. The Bertz CT molecular complexity index is 1240. The maximum Gasteiger partial charge on any atom is 2.00 e. The van der Waals surface area contributed by atoms with Crippen LogP contribution in [-0.2, 0) is 81.6 Å². The van der Waals surface area contributed by atoms with Gasteiger partial charge in [0, 0.05) is 0 Å². The van der Waals surface area contributed by atoms with Gasteiger partial charge >= 0.3 is 19.5 Å². The fourth-order valence-electron chi connectivity index (χ4n) is 4.54. The van der Waals surface area contributed by atoms with Crippen molar-refractivity contribution in [1.29, 1.82) is 0 Å². The first kappa shape index (κ1) is 45.9. The largest absolute Gasteiger partial charge is 2.00 e. The van der Waals surface area contributed by atoms with E-state index >= 15 is 0 Å². The third-order valence-electron chi connectivity index (χ3n) is 6.92. The van der Waals surface area contributed by atoms with E-state index in [4.69, 9.17) is 9.05 Å². The molecule has 0 fully saturated rings. The molecule has 0 bridgehead atoms. The van der Waals surface area contributed by atoms with E-state index in [9.17, 15) is 29.1 Å². The molecule has 2 atom stereocenters. The minimum atomic E-state index is -4.29. The van der Waals surface area contributed by atoms with Gasteiger partial charge in [-0.15, -0.1) is 0 Å². The topological polar surface area (TPSA) is 158 Å². The number of hydrogen-bond donors (Lipinski definition) is 2. The summed E-state index contributed by atoms with van der Waals surface area (Å²) in [7, 11) is -8.59. The number of phosphoric ester groups is 2. The Morgan fingerprint density at radius 3 is 0.915 bits per heavy atom. The zero-order valence-electron chi connectivity index (χ0n) is 30.9. The van der Waals surface area contributed by atoms with Crippen LogP contribution in [0.4, 0.5) is 0 Å². The molecule has 0 aliphatic heterocycles. The van der Waals surface area contributed by atoms with Crippen molar-refractivity contribution >= 4 is 15.6 Å². The maximum absolute atomic E-state index is 11.6. The van der Waals surface area contributed by atoms with Crippen molar-refractivity contribution in [3.63, 3.8) is 0 Å². The molecule has 0 saturated heterocycles. The zero-order chi connectivity index (χ0) is 36.1. The molecule has 0 heterocycles. The number of phenols is 2. The smallest absolute Gasteiger partial charge is 0.756 e. The Kier molecular flexibility index (Phi) is 16.8. The standard InChI is InChI=1S/2C17H29O5P.Zn/c2*1-8-21-23(19,20)22-11-12-9-13(16(2,3)4)15(18)14(10-12)17(5,6)7;/h2*9-10,18H,8,11H2,1-7H3,(H,19,20);/q;;+2/p-2. The Morgan fingerprint density at radius 1 is 0.532 bits per heavy atom. The quantitative estimate of drug-likeness (QED) is 0.180. The van der Waals surface area contributed by atoms with Crippen molar-refractivity contribution in [2.75, 3.05) is 13.2 Å². The van der Waals surface area contributed by atoms with Crippen LogP contribution in [0.15, 0.2) is 24.3 Å². The van der Waals surface area contributed by atoms with Gasteiger partial charge in [0.15, 0.2) is 0 Å². The van der Waals surface area contributed by atoms with Gasteiger partial charge in [-0.1, -0.05) is 83.1 Å². The molecule has 10 nitrogen and oxygen atoms in total. The summed E-state index contributed by atoms with van der Waals surface area (Å²) in [5.41, 5.74) is 3.33. The molecule has 47 heavy (non-hydrogen) atoms. The summed E-state index contributed by atoms with van der Waals surface area (Å²) in [6.07, 6.45) is 0. The second kappa shape index (κ2) is 17.2. The molecule has 0 saturated carbocycles. The number of phosphoric acid groups is 2. The van der Waals surface area contributed by atoms with Crippen LogP contribution in [0.2, 0.25) is 0 Å². The average Bonchev–Trinajstić information content (AvgIpc) is 2.85. The number of aromatic hydroxyl groups is 2. The van der Waals surface area contributed by atoms with Crippen LogP contribution in [0, 0.1) is 0 Å². The van der Waals surface area contributed by atoms with Gasteiger partial charge < -0.3 is 38.1 Å². The summed E-state index contributed by atoms with van der Waals surface area (Å²) >= 11 is 0. The van der Waals surface area contributed by atoms with Crippen molar-refractivity contribution in [3.8, 4) is 11.5 Å². The van der Waals surface area contributed by atoms with Crippen LogP contribution >= 0.6 is 15.6 Å². The van der Waals surface area contributed by atoms with E-state index in [2.05, 4.69) is 9.05 Å². The Labute approximate surface area is 295 Å². The van der Waals surface area contributed by atoms with Gasteiger partial charge in [-0.2, -0.15) is 0 Å². The zero-order valence-corrected chi connectivity index (χ0v) is 35.7. The SMILES string of the molecule is CCOP(=O)([O-])OCc1cc(C(C)(C)C)c(O)c(C(C)(C)C)c1.CCOP(=O)([O-])OCc1cc(C(C)(C)C)c(O)c(C(C)(C)C)c1.[Zn+2]. The second-order valence-corrected chi connectivity index (χ2v) is 18.2. The molecule has 2 unspecified atom stereocenters. The first-order valence-electron chi connectivity index (χ1n) is 15.5. The molecule has 2 rings (SSSR count). The minimum Gasteiger partial charge on any atom is -0.756 e.